The lowest BCUT2D eigenvalue weighted by molar-refractivity contribution is 0.183. The molecule has 0 aliphatic carbocycles. The van der Waals surface area contributed by atoms with Crippen molar-refractivity contribution in [2.45, 2.75) is 33.2 Å². The Labute approximate surface area is 98.0 Å². The second kappa shape index (κ2) is 4.88. The molecule has 1 heterocycles. The molecule has 88 valence electrons. The van der Waals surface area contributed by atoms with Crippen LogP contribution in [0.4, 0.5) is 5.69 Å². The quantitative estimate of drug-likeness (QED) is 0.843. The van der Waals surface area contributed by atoms with Crippen molar-refractivity contribution < 1.29 is 4.74 Å². The summed E-state index contributed by atoms with van der Waals surface area (Å²) >= 11 is 0. The molecule has 0 saturated carbocycles. The highest BCUT2D eigenvalue weighted by Gasteiger charge is 2.22. The predicted octanol–water partition coefficient (Wildman–Crippen LogP) is 3.14. The summed E-state index contributed by atoms with van der Waals surface area (Å²) in [4.78, 5) is 0. The number of hydrogen-bond donors (Lipinski definition) is 1. The highest BCUT2D eigenvalue weighted by atomic mass is 16.5. The first-order valence-electron chi connectivity index (χ1n) is 6.08. The first-order chi connectivity index (χ1) is 7.66. The monoisotopic (exact) mass is 219 g/mol. The molecule has 2 rings (SSSR count). The van der Waals surface area contributed by atoms with Gasteiger partial charge in [0.15, 0.2) is 0 Å². The van der Waals surface area contributed by atoms with Gasteiger partial charge in [0.2, 0.25) is 0 Å². The van der Waals surface area contributed by atoms with E-state index in [1.54, 1.807) is 0 Å². The molecule has 1 saturated heterocycles. The Kier molecular flexibility index (Phi) is 3.49. The standard InChI is InChI=1S/C14H21NO/c1-10-4-5-11(2)14(8-10)15-12(3)13-6-7-16-9-13/h4-5,8,12-13,15H,6-7,9H2,1-3H3. The minimum atomic E-state index is 0.489. The Hall–Kier alpha value is -1.02. The summed E-state index contributed by atoms with van der Waals surface area (Å²) in [5, 5.41) is 3.61. The van der Waals surface area contributed by atoms with E-state index in [1.165, 1.54) is 23.2 Å². The first kappa shape index (κ1) is 11.5. The lowest BCUT2D eigenvalue weighted by atomic mass is 10.00. The molecule has 0 amide bonds. The van der Waals surface area contributed by atoms with Gasteiger partial charge in [-0.1, -0.05) is 12.1 Å². The van der Waals surface area contributed by atoms with Gasteiger partial charge in [-0.3, -0.25) is 0 Å². The second-order valence-corrected chi connectivity index (χ2v) is 4.88. The molecule has 0 bridgehead atoms. The third-order valence-corrected chi connectivity index (χ3v) is 3.45. The predicted molar refractivity (Wildman–Crippen MR) is 67.9 cm³/mol. The zero-order valence-corrected chi connectivity index (χ0v) is 10.4. The van der Waals surface area contributed by atoms with Crippen LogP contribution in [0.1, 0.15) is 24.5 Å². The Morgan fingerprint density at radius 2 is 2.19 bits per heavy atom. The van der Waals surface area contributed by atoms with Gasteiger partial charge in [-0.15, -0.1) is 0 Å². The molecule has 0 aromatic heterocycles. The van der Waals surface area contributed by atoms with Crippen LogP contribution < -0.4 is 5.32 Å². The average Bonchev–Trinajstić information content (AvgIpc) is 2.76. The summed E-state index contributed by atoms with van der Waals surface area (Å²) in [5.74, 6) is 0.653. The van der Waals surface area contributed by atoms with Crippen molar-refractivity contribution in [2.24, 2.45) is 5.92 Å². The highest BCUT2D eigenvalue weighted by molar-refractivity contribution is 5.53. The minimum Gasteiger partial charge on any atom is -0.382 e. The number of anilines is 1. The van der Waals surface area contributed by atoms with Crippen molar-refractivity contribution in [3.05, 3.63) is 29.3 Å². The molecule has 0 radical (unpaired) electrons. The molecule has 1 aromatic carbocycles. The maximum atomic E-state index is 5.43. The summed E-state index contributed by atoms with van der Waals surface area (Å²) in [6.07, 6.45) is 1.18. The lowest BCUT2D eigenvalue weighted by Gasteiger charge is -2.22. The highest BCUT2D eigenvalue weighted by Crippen LogP contribution is 2.23. The van der Waals surface area contributed by atoms with E-state index in [1.807, 2.05) is 0 Å². The molecule has 1 aliphatic rings. The summed E-state index contributed by atoms with van der Waals surface area (Å²) < 4.78 is 5.43. The van der Waals surface area contributed by atoms with E-state index < -0.39 is 0 Å². The van der Waals surface area contributed by atoms with Crippen LogP contribution in [-0.2, 0) is 4.74 Å². The molecular weight excluding hydrogens is 198 g/mol. The second-order valence-electron chi connectivity index (χ2n) is 4.88. The van der Waals surface area contributed by atoms with Gasteiger partial charge in [-0.2, -0.15) is 0 Å². The van der Waals surface area contributed by atoms with Crippen LogP contribution in [0.2, 0.25) is 0 Å². The van der Waals surface area contributed by atoms with Gasteiger partial charge in [0, 0.05) is 24.3 Å². The van der Waals surface area contributed by atoms with E-state index in [9.17, 15) is 0 Å². The van der Waals surface area contributed by atoms with Crippen LogP contribution >= 0.6 is 0 Å². The van der Waals surface area contributed by atoms with Crippen LogP contribution in [-0.4, -0.2) is 19.3 Å². The van der Waals surface area contributed by atoms with E-state index >= 15 is 0 Å². The first-order valence-corrected chi connectivity index (χ1v) is 6.08. The van der Waals surface area contributed by atoms with Crippen molar-refractivity contribution in [1.82, 2.24) is 0 Å². The summed E-state index contributed by atoms with van der Waals surface area (Å²) in [6, 6.07) is 7.05. The van der Waals surface area contributed by atoms with Crippen molar-refractivity contribution in [3.63, 3.8) is 0 Å². The number of rotatable bonds is 3. The van der Waals surface area contributed by atoms with E-state index in [0.717, 1.165) is 13.2 Å². The van der Waals surface area contributed by atoms with Crippen molar-refractivity contribution in [3.8, 4) is 0 Å². The van der Waals surface area contributed by atoms with Gasteiger partial charge in [0.05, 0.1) is 6.61 Å². The molecule has 2 heteroatoms. The van der Waals surface area contributed by atoms with Crippen LogP contribution in [0, 0.1) is 19.8 Å². The van der Waals surface area contributed by atoms with E-state index in [-0.39, 0.29) is 0 Å². The third-order valence-electron chi connectivity index (χ3n) is 3.45. The molecule has 1 fully saturated rings. The zero-order chi connectivity index (χ0) is 11.5. The van der Waals surface area contributed by atoms with Gasteiger partial charge in [-0.05, 0) is 44.4 Å². The van der Waals surface area contributed by atoms with Gasteiger partial charge in [0.25, 0.3) is 0 Å². The molecular formula is C14H21NO. The zero-order valence-electron chi connectivity index (χ0n) is 10.4. The van der Waals surface area contributed by atoms with Gasteiger partial charge in [-0.25, -0.2) is 0 Å². The van der Waals surface area contributed by atoms with E-state index in [4.69, 9.17) is 4.74 Å². The van der Waals surface area contributed by atoms with Crippen molar-refractivity contribution in [1.29, 1.82) is 0 Å². The van der Waals surface area contributed by atoms with Crippen molar-refractivity contribution >= 4 is 5.69 Å². The third kappa shape index (κ3) is 2.56. The fraction of sp³-hybridized carbons (Fsp3) is 0.571. The lowest BCUT2D eigenvalue weighted by Crippen LogP contribution is -2.26. The number of benzene rings is 1. The van der Waals surface area contributed by atoms with Crippen LogP contribution in [0.25, 0.3) is 0 Å². The molecule has 1 aromatic rings. The summed E-state index contributed by atoms with van der Waals surface area (Å²) in [5.41, 5.74) is 3.89. The molecule has 2 atom stereocenters. The van der Waals surface area contributed by atoms with Gasteiger partial charge >= 0.3 is 0 Å². The fourth-order valence-corrected chi connectivity index (χ4v) is 2.20. The smallest absolute Gasteiger partial charge is 0.0514 e. The maximum absolute atomic E-state index is 5.43. The molecule has 1 aliphatic heterocycles. The number of ether oxygens (including phenoxy) is 1. The normalized spacial score (nSPS) is 22.1. The van der Waals surface area contributed by atoms with E-state index in [2.05, 4.69) is 44.3 Å². The summed E-state index contributed by atoms with van der Waals surface area (Å²) in [6.45, 7) is 8.36. The molecule has 0 spiro atoms. The number of aryl methyl sites for hydroxylation is 2. The fourth-order valence-electron chi connectivity index (χ4n) is 2.20. The Bertz CT molecular complexity index is 356. The van der Waals surface area contributed by atoms with Crippen LogP contribution in [0.3, 0.4) is 0 Å². The SMILES string of the molecule is Cc1ccc(C)c(NC(C)C2CCOC2)c1. The molecule has 16 heavy (non-hydrogen) atoms. The molecule has 1 N–H and O–H groups in total. The Balaban J connectivity index is 2.04. The summed E-state index contributed by atoms with van der Waals surface area (Å²) in [7, 11) is 0. The van der Waals surface area contributed by atoms with Crippen LogP contribution in [0.5, 0.6) is 0 Å². The maximum Gasteiger partial charge on any atom is 0.0514 e. The molecule has 2 nitrogen and oxygen atoms in total. The Morgan fingerprint density at radius 3 is 2.88 bits per heavy atom. The van der Waals surface area contributed by atoms with Gasteiger partial charge in [0.1, 0.15) is 0 Å². The van der Waals surface area contributed by atoms with Crippen LogP contribution in [0.15, 0.2) is 18.2 Å². The van der Waals surface area contributed by atoms with E-state index in [0.29, 0.717) is 12.0 Å². The largest absolute Gasteiger partial charge is 0.382 e. The van der Waals surface area contributed by atoms with Crippen molar-refractivity contribution in [2.75, 3.05) is 18.5 Å². The van der Waals surface area contributed by atoms with Gasteiger partial charge < -0.3 is 10.1 Å². The number of nitrogens with one attached hydrogen (secondary N) is 1. The minimum absolute atomic E-state index is 0.489. The Morgan fingerprint density at radius 1 is 1.38 bits per heavy atom. The topological polar surface area (TPSA) is 21.3 Å². The number of hydrogen-bond acceptors (Lipinski definition) is 2. The molecule has 2 unspecified atom stereocenters. The average molecular weight is 219 g/mol.